The van der Waals surface area contributed by atoms with E-state index in [1.165, 1.54) is 7.11 Å². The van der Waals surface area contributed by atoms with E-state index in [4.69, 9.17) is 9.84 Å². The normalized spacial score (nSPS) is 13.4. The molecule has 1 unspecified atom stereocenters. The van der Waals surface area contributed by atoms with Crippen molar-refractivity contribution < 1.29 is 23.1 Å². The lowest BCUT2D eigenvalue weighted by atomic mass is 9.97. The van der Waals surface area contributed by atoms with Crippen LogP contribution in [0.3, 0.4) is 0 Å². The minimum absolute atomic E-state index is 0.0623. The van der Waals surface area contributed by atoms with E-state index in [0.717, 1.165) is 6.42 Å². The van der Waals surface area contributed by atoms with E-state index in [9.17, 15) is 13.2 Å². The molecule has 7 heteroatoms. The number of hydrogen-bond donors (Lipinski definition) is 2. The molecule has 0 aromatic heterocycles. The second-order valence-electron chi connectivity index (χ2n) is 4.55. The number of aliphatic carboxylic acids is 1. The molecule has 0 saturated carbocycles. The summed E-state index contributed by atoms with van der Waals surface area (Å²) in [5.74, 6) is -0.497. The number of carboxylic acids is 1. The minimum atomic E-state index is -3.24. The molecule has 6 nitrogen and oxygen atoms in total. The van der Waals surface area contributed by atoms with E-state index in [-0.39, 0.29) is 18.1 Å². The Morgan fingerprint density at radius 3 is 2.58 bits per heavy atom. The fourth-order valence-corrected chi connectivity index (χ4v) is 2.84. The Labute approximate surface area is 115 Å². The van der Waals surface area contributed by atoms with Crippen molar-refractivity contribution in [2.24, 2.45) is 5.92 Å². The van der Waals surface area contributed by atoms with E-state index in [1.54, 1.807) is 0 Å². The maximum Gasteiger partial charge on any atom is 0.303 e. The first-order chi connectivity index (χ1) is 8.91. The molecule has 114 valence electrons. The zero-order chi connectivity index (χ0) is 14.7. The highest BCUT2D eigenvalue weighted by atomic mass is 32.2. The number of ether oxygens (including phenoxy) is 1. The van der Waals surface area contributed by atoms with Crippen molar-refractivity contribution in [2.45, 2.75) is 39.0 Å². The van der Waals surface area contributed by atoms with Crippen molar-refractivity contribution in [2.75, 3.05) is 26.0 Å². The summed E-state index contributed by atoms with van der Waals surface area (Å²) < 4.78 is 30.5. The van der Waals surface area contributed by atoms with Gasteiger partial charge < -0.3 is 9.84 Å². The lowest BCUT2D eigenvalue weighted by molar-refractivity contribution is -0.137. The topological polar surface area (TPSA) is 92.7 Å². The summed E-state index contributed by atoms with van der Waals surface area (Å²) in [5, 5.41) is 8.61. The Morgan fingerprint density at radius 1 is 1.37 bits per heavy atom. The molecule has 2 N–H and O–H groups in total. The molecule has 0 bridgehead atoms. The number of carbonyl (C=O) groups is 1. The van der Waals surface area contributed by atoms with E-state index in [1.807, 2.05) is 6.92 Å². The summed E-state index contributed by atoms with van der Waals surface area (Å²) in [5.41, 5.74) is 0. The molecule has 0 aliphatic heterocycles. The van der Waals surface area contributed by atoms with Gasteiger partial charge in [0.1, 0.15) is 0 Å². The molecule has 0 rings (SSSR count). The van der Waals surface area contributed by atoms with Crippen molar-refractivity contribution in [1.29, 1.82) is 0 Å². The van der Waals surface area contributed by atoms with Gasteiger partial charge in [-0.1, -0.05) is 13.3 Å². The van der Waals surface area contributed by atoms with Crippen LogP contribution in [0.15, 0.2) is 0 Å². The van der Waals surface area contributed by atoms with Gasteiger partial charge in [0, 0.05) is 26.7 Å². The summed E-state index contributed by atoms with van der Waals surface area (Å²) in [4.78, 5) is 10.5. The summed E-state index contributed by atoms with van der Waals surface area (Å²) in [6.45, 7) is 2.78. The second-order valence-corrected chi connectivity index (χ2v) is 6.48. The van der Waals surface area contributed by atoms with E-state index < -0.39 is 16.0 Å². The molecule has 0 aromatic rings. The maximum absolute atomic E-state index is 11.6. The van der Waals surface area contributed by atoms with Crippen LogP contribution in [0.4, 0.5) is 0 Å². The van der Waals surface area contributed by atoms with Crippen LogP contribution in [0.1, 0.15) is 39.0 Å². The van der Waals surface area contributed by atoms with Crippen molar-refractivity contribution in [1.82, 2.24) is 4.72 Å². The molecular formula is C12H25NO5S. The average molecular weight is 295 g/mol. The van der Waals surface area contributed by atoms with Gasteiger partial charge in [-0.2, -0.15) is 0 Å². The third-order valence-corrected chi connectivity index (χ3v) is 4.45. The molecule has 1 atom stereocenters. The van der Waals surface area contributed by atoms with E-state index in [2.05, 4.69) is 4.72 Å². The lowest BCUT2D eigenvalue weighted by Gasteiger charge is -2.14. The van der Waals surface area contributed by atoms with Crippen LogP contribution in [0.25, 0.3) is 0 Å². The Kier molecular flexibility index (Phi) is 9.81. The quantitative estimate of drug-likeness (QED) is 0.528. The van der Waals surface area contributed by atoms with Crippen LogP contribution in [-0.4, -0.2) is 45.5 Å². The number of carboxylic acid groups (broad SMARTS) is 1. The largest absolute Gasteiger partial charge is 0.481 e. The molecule has 0 aromatic carbocycles. The number of methoxy groups -OCH3 is 1. The Hall–Kier alpha value is -0.660. The minimum Gasteiger partial charge on any atom is -0.481 e. The fourth-order valence-electron chi connectivity index (χ4n) is 1.76. The van der Waals surface area contributed by atoms with Crippen LogP contribution < -0.4 is 4.72 Å². The number of nitrogens with one attached hydrogen (secondary N) is 1. The predicted octanol–water partition coefficient (Wildman–Crippen LogP) is 1.22. The van der Waals surface area contributed by atoms with Crippen molar-refractivity contribution >= 4 is 16.0 Å². The third-order valence-electron chi connectivity index (χ3n) is 2.98. The van der Waals surface area contributed by atoms with Gasteiger partial charge in [-0.25, -0.2) is 13.1 Å². The van der Waals surface area contributed by atoms with E-state index >= 15 is 0 Å². The van der Waals surface area contributed by atoms with Gasteiger partial charge in [0.15, 0.2) is 0 Å². The standard InChI is InChI=1S/C12H25NO5S/c1-3-11(5-6-12(14)15)7-8-13-19(16,17)10-4-9-18-2/h11,13H,3-10H2,1-2H3,(H,14,15). The fraction of sp³-hybridized carbons (Fsp3) is 0.917. The molecule has 0 spiro atoms. The van der Waals surface area contributed by atoms with Crippen molar-refractivity contribution in [3.8, 4) is 0 Å². The van der Waals surface area contributed by atoms with Gasteiger partial charge in [0.05, 0.1) is 5.75 Å². The van der Waals surface area contributed by atoms with Crippen LogP contribution >= 0.6 is 0 Å². The average Bonchev–Trinajstić information content (AvgIpc) is 2.33. The van der Waals surface area contributed by atoms with Gasteiger partial charge in [-0.3, -0.25) is 4.79 Å². The molecule has 0 saturated heterocycles. The summed E-state index contributed by atoms with van der Waals surface area (Å²) >= 11 is 0. The van der Waals surface area contributed by atoms with Crippen LogP contribution in [0.2, 0.25) is 0 Å². The summed E-state index contributed by atoms with van der Waals surface area (Å²) in [6, 6.07) is 0. The first-order valence-electron chi connectivity index (χ1n) is 6.59. The van der Waals surface area contributed by atoms with Gasteiger partial charge in [-0.15, -0.1) is 0 Å². The number of rotatable bonds is 12. The predicted molar refractivity (Wildman–Crippen MR) is 73.6 cm³/mol. The van der Waals surface area contributed by atoms with Crippen molar-refractivity contribution in [3.05, 3.63) is 0 Å². The molecule has 0 heterocycles. The van der Waals surface area contributed by atoms with Crippen LogP contribution in [0.5, 0.6) is 0 Å². The zero-order valence-electron chi connectivity index (χ0n) is 11.7. The molecule has 19 heavy (non-hydrogen) atoms. The maximum atomic E-state index is 11.6. The van der Waals surface area contributed by atoms with Crippen molar-refractivity contribution in [3.63, 3.8) is 0 Å². The SMILES string of the molecule is CCC(CCNS(=O)(=O)CCCOC)CCC(=O)O. The highest BCUT2D eigenvalue weighted by Crippen LogP contribution is 2.14. The lowest BCUT2D eigenvalue weighted by Crippen LogP contribution is -2.29. The number of hydrogen-bond acceptors (Lipinski definition) is 4. The molecule has 0 fully saturated rings. The summed E-state index contributed by atoms with van der Waals surface area (Å²) in [7, 11) is -1.70. The molecule has 0 amide bonds. The Balaban J connectivity index is 3.88. The van der Waals surface area contributed by atoms with Gasteiger partial charge in [-0.05, 0) is 25.2 Å². The van der Waals surface area contributed by atoms with Crippen LogP contribution in [-0.2, 0) is 19.6 Å². The monoisotopic (exact) mass is 295 g/mol. The van der Waals surface area contributed by atoms with Crippen LogP contribution in [0, 0.1) is 5.92 Å². The first-order valence-corrected chi connectivity index (χ1v) is 8.24. The highest BCUT2D eigenvalue weighted by molar-refractivity contribution is 7.89. The smallest absolute Gasteiger partial charge is 0.303 e. The van der Waals surface area contributed by atoms with Gasteiger partial charge in [0.2, 0.25) is 10.0 Å². The van der Waals surface area contributed by atoms with E-state index in [0.29, 0.717) is 32.4 Å². The Morgan fingerprint density at radius 2 is 2.05 bits per heavy atom. The molecular weight excluding hydrogens is 270 g/mol. The highest BCUT2D eigenvalue weighted by Gasteiger charge is 2.12. The third kappa shape index (κ3) is 10.9. The zero-order valence-corrected chi connectivity index (χ0v) is 12.5. The summed E-state index contributed by atoms with van der Waals surface area (Å²) in [6.07, 6.45) is 2.74. The molecule has 0 aliphatic rings. The first kappa shape index (κ1) is 18.3. The second kappa shape index (κ2) is 10.2. The molecule has 0 aliphatic carbocycles. The van der Waals surface area contributed by atoms with Gasteiger partial charge >= 0.3 is 5.97 Å². The van der Waals surface area contributed by atoms with Gasteiger partial charge in [0.25, 0.3) is 0 Å². The Bertz CT molecular complexity index is 342. The number of sulfonamides is 1. The molecule has 0 radical (unpaired) electrons.